The van der Waals surface area contributed by atoms with Crippen molar-refractivity contribution in [1.29, 1.82) is 0 Å². The highest BCUT2D eigenvalue weighted by Crippen LogP contribution is 2.28. The molecule has 3 aromatic heterocycles. The van der Waals surface area contributed by atoms with Crippen LogP contribution >= 0.6 is 0 Å². The number of aryl methyl sites for hydroxylation is 3. The summed E-state index contributed by atoms with van der Waals surface area (Å²) >= 11 is 0. The van der Waals surface area contributed by atoms with E-state index in [0.29, 0.717) is 43.3 Å². The van der Waals surface area contributed by atoms with Crippen LogP contribution in [0.15, 0.2) is 47.7 Å². The molecule has 170 valence electrons. The molecule has 4 aromatic rings. The van der Waals surface area contributed by atoms with E-state index >= 15 is 0 Å². The Balaban J connectivity index is 1.84. The molecule has 0 unspecified atom stereocenters. The first-order valence-electron chi connectivity index (χ1n) is 11.1. The molecule has 0 spiro atoms. The van der Waals surface area contributed by atoms with Crippen LogP contribution in [0.1, 0.15) is 24.0 Å². The first-order chi connectivity index (χ1) is 16.0. The molecule has 0 saturated carbocycles. The number of aromatic nitrogens is 5. The van der Waals surface area contributed by atoms with E-state index in [1.54, 1.807) is 23.2 Å². The van der Waals surface area contributed by atoms with Crippen molar-refractivity contribution >= 4 is 11.0 Å². The van der Waals surface area contributed by atoms with Gasteiger partial charge in [-0.25, -0.2) is 15.0 Å². The predicted octanol–water partition coefficient (Wildman–Crippen LogP) is 3.07. The lowest BCUT2D eigenvalue weighted by atomic mass is 9.95. The third kappa shape index (κ3) is 4.81. The van der Waals surface area contributed by atoms with Gasteiger partial charge in [-0.3, -0.25) is 14.3 Å². The Bertz CT molecular complexity index is 1350. The molecule has 0 bridgehead atoms. The fourth-order valence-corrected chi connectivity index (χ4v) is 3.90. The zero-order chi connectivity index (χ0) is 23.4. The highest BCUT2D eigenvalue weighted by atomic mass is 16.5. The van der Waals surface area contributed by atoms with E-state index in [4.69, 9.17) is 10.5 Å². The first-order valence-corrected chi connectivity index (χ1v) is 11.1. The Morgan fingerprint density at radius 2 is 1.88 bits per heavy atom. The van der Waals surface area contributed by atoms with Crippen LogP contribution in [-0.4, -0.2) is 44.3 Å². The van der Waals surface area contributed by atoms with Gasteiger partial charge in [0, 0.05) is 35.5 Å². The number of hydrogen-bond acceptors (Lipinski definition) is 7. The highest BCUT2D eigenvalue weighted by Gasteiger charge is 2.16. The number of hydrogen-bond donors (Lipinski definition) is 1. The van der Waals surface area contributed by atoms with Crippen LogP contribution in [-0.2, 0) is 17.7 Å². The van der Waals surface area contributed by atoms with Gasteiger partial charge in [-0.15, -0.1) is 0 Å². The summed E-state index contributed by atoms with van der Waals surface area (Å²) < 4.78 is 7.22. The standard InChI is InChI=1S/C25H28N6O2/c1-4-18-11-19(23-15-27-13-16(2)29-23)5-6-21(18)22-12-20-14-28-17(3)30-24(20)31(25(22)32)8-10-33-9-7-26/h5-6,11-15H,4,7-10,26H2,1-3H3. The summed E-state index contributed by atoms with van der Waals surface area (Å²) in [6.45, 7) is 7.47. The van der Waals surface area contributed by atoms with Gasteiger partial charge in [-0.1, -0.05) is 19.1 Å². The lowest BCUT2D eigenvalue weighted by Crippen LogP contribution is -2.26. The average Bonchev–Trinajstić information content (AvgIpc) is 2.82. The van der Waals surface area contributed by atoms with Gasteiger partial charge in [0.1, 0.15) is 11.5 Å². The van der Waals surface area contributed by atoms with Gasteiger partial charge in [0.2, 0.25) is 0 Å². The monoisotopic (exact) mass is 444 g/mol. The molecule has 33 heavy (non-hydrogen) atoms. The number of pyridine rings is 1. The van der Waals surface area contributed by atoms with E-state index in [1.165, 1.54) is 0 Å². The number of nitrogens with two attached hydrogens (primary N) is 1. The van der Waals surface area contributed by atoms with Crippen LogP contribution in [0.3, 0.4) is 0 Å². The topological polar surface area (TPSA) is 109 Å². The molecule has 4 rings (SSSR count). The van der Waals surface area contributed by atoms with Gasteiger partial charge in [0.05, 0.1) is 37.3 Å². The Morgan fingerprint density at radius 3 is 2.64 bits per heavy atom. The lowest BCUT2D eigenvalue weighted by Gasteiger charge is -2.15. The normalized spacial score (nSPS) is 11.3. The second-order valence-electron chi connectivity index (χ2n) is 7.88. The third-order valence-corrected chi connectivity index (χ3v) is 5.50. The molecule has 0 aliphatic carbocycles. The Morgan fingerprint density at radius 1 is 1.03 bits per heavy atom. The molecule has 8 nitrogen and oxygen atoms in total. The fourth-order valence-electron chi connectivity index (χ4n) is 3.90. The molecule has 0 fully saturated rings. The van der Waals surface area contributed by atoms with Crippen LogP contribution < -0.4 is 11.3 Å². The summed E-state index contributed by atoms with van der Waals surface area (Å²) in [6.07, 6.45) is 6.02. The molecular weight excluding hydrogens is 416 g/mol. The van der Waals surface area contributed by atoms with Crippen molar-refractivity contribution < 1.29 is 4.74 Å². The first kappa shape index (κ1) is 22.7. The maximum Gasteiger partial charge on any atom is 0.260 e. The van der Waals surface area contributed by atoms with Gasteiger partial charge in [0.25, 0.3) is 5.56 Å². The third-order valence-electron chi connectivity index (χ3n) is 5.50. The van der Waals surface area contributed by atoms with Crippen molar-refractivity contribution in [3.63, 3.8) is 0 Å². The number of nitrogens with zero attached hydrogens (tertiary/aromatic N) is 5. The van der Waals surface area contributed by atoms with Gasteiger partial charge in [-0.05, 0) is 43.5 Å². The maximum absolute atomic E-state index is 13.6. The zero-order valence-electron chi connectivity index (χ0n) is 19.2. The minimum absolute atomic E-state index is 0.102. The summed E-state index contributed by atoms with van der Waals surface area (Å²) in [5.41, 5.74) is 11.2. The van der Waals surface area contributed by atoms with Crippen LogP contribution in [0.25, 0.3) is 33.4 Å². The Hall–Kier alpha value is -3.49. The SMILES string of the molecule is CCc1cc(-c2cncc(C)n2)ccc1-c1cc2cnc(C)nc2n(CCOCCN)c1=O. The minimum Gasteiger partial charge on any atom is -0.378 e. The highest BCUT2D eigenvalue weighted by molar-refractivity contribution is 5.82. The maximum atomic E-state index is 13.6. The molecule has 0 amide bonds. The summed E-state index contributed by atoms with van der Waals surface area (Å²) in [7, 11) is 0. The number of rotatable bonds is 8. The van der Waals surface area contributed by atoms with Gasteiger partial charge in [0.15, 0.2) is 0 Å². The van der Waals surface area contributed by atoms with Crippen molar-refractivity contribution in [2.75, 3.05) is 19.8 Å². The molecule has 1 aromatic carbocycles. The average molecular weight is 445 g/mol. The molecule has 3 heterocycles. The van der Waals surface area contributed by atoms with Crippen LogP contribution in [0.2, 0.25) is 0 Å². The molecule has 8 heteroatoms. The van der Waals surface area contributed by atoms with Crippen LogP contribution in [0.4, 0.5) is 0 Å². The largest absolute Gasteiger partial charge is 0.378 e. The van der Waals surface area contributed by atoms with Gasteiger partial charge < -0.3 is 10.5 Å². The van der Waals surface area contributed by atoms with Crippen LogP contribution in [0.5, 0.6) is 0 Å². The number of benzene rings is 1. The van der Waals surface area contributed by atoms with Gasteiger partial charge in [-0.2, -0.15) is 0 Å². The zero-order valence-corrected chi connectivity index (χ0v) is 19.2. The van der Waals surface area contributed by atoms with Crippen molar-refractivity contribution in [1.82, 2.24) is 24.5 Å². The van der Waals surface area contributed by atoms with E-state index in [0.717, 1.165) is 39.9 Å². The van der Waals surface area contributed by atoms with Crippen molar-refractivity contribution in [3.05, 3.63) is 70.3 Å². The van der Waals surface area contributed by atoms with E-state index in [-0.39, 0.29) is 5.56 Å². The molecule has 0 saturated heterocycles. The molecule has 0 aliphatic heterocycles. The number of fused-ring (bicyclic) bond motifs is 1. The summed E-state index contributed by atoms with van der Waals surface area (Å²) in [4.78, 5) is 31.3. The summed E-state index contributed by atoms with van der Waals surface area (Å²) in [5.74, 6) is 0.615. The smallest absolute Gasteiger partial charge is 0.260 e. The van der Waals surface area contributed by atoms with E-state index < -0.39 is 0 Å². The quantitative estimate of drug-likeness (QED) is 0.416. The number of ether oxygens (including phenoxy) is 1. The van der Waals surface area contributed by atoms with E-state index in [2.05, 4.69) is 32.9 Å². The molecule has 0 radical (unpaired) electrons. The second kappa shape index (κ2) is 9.97. The minimum atomic E-state index is -0.102. The van der Waals surface area contributed by atoms with E-state index in [9.17, 15) is 4.79 Å². The van der Waals surface area contributed by atoms with Crippen molar-refractivity contribution in [2.24, 2.45) is 5.73 Å². The molecule has 0 aliphatic rings. The fraction of sp³-hybridized carbons (Fsp3) is 0.320. The molecule has 2 N–H and O–H groups in total. The molecular formula is C25H28N6O2. The summed E-state index contributed by atoms with van der Waals surface area (Å²) in [6, 6.07) is 7.95. The lowest BCUT2D eigenvalue weighted by molar-refractivity contribution is 0.133. The molecule has 0 atom stereocenters. The van der Waals surface area contributed by atoms with Crippen LogP contribution in [0, 0.1) is 13.8 Å². The van der Waals surface area contributed by atoms with Crippen molar-refractivity contribution in [2.45, 2.75) is 33.7 Å². The second-order valence-corrected chi connectivity index (χ2v) is 7.88. The Labute approximate surface area is 192 Å². The van der Waals surface area contributed by atoms with Gasteiger partial charge >= 0.3 is 0 Å². The Kier molecular flexibility index (Phi) is 6.86. The van der Waals surface area contributed by atoms with Crippen molar-refractivity contribution in [3.8, 4) is 22.4 Å². The predicted molar refractivity (Wildman–Crippen MR) is 129 cm³/mol. The van der Waals surface area contributed by atoms with E-state index in [1.807, 2.05) is 32.0 Å². The summed E-state index contributed by atoms with van der Waals surface area (Å²) in [5, 5.41) is 0.810.